The van der Waals surface area contributed by atoms with Gasteiger partial charge in [0.1, 0.15) is 0 Å². The van der Waals surface area contributed by atoms with E-state index in [1.54, 1.807) is 0 Å². The molecule has 21 heavy (non-hydrogen) atoms. The number of aliphatic hydroxyl groups excluding tert-OH is 1. The second kappa shape index (κ2) is 6.47. The highest BCUT2D eigenvalue weighted by Gasteiger charge is 2.37. The fraction of sp³-hybridized carbons (Fsp3) is 0.667. The zero-order valence-corrected chi connectivity index (χ0v) is 13.3. The Hall–Kier alpha value is -0.900. The lowest BCUT2D eigenvalue weighted by molar-refractivity contribution is 0.0564. The predicted molar refractivity (Wildman–Crippen MR) is 86.5 cm³/mol. The van der Waals surface area contributed by atoms with Gasteiger partial charge < -0.3 is 5.11 Å². The van der Waals surface area contributed by atoms with Crippen LogP contribution >= 0.6 is 0 Å². The van der Waals surface area contributed by atoms with Crippen molar-refractivity contribution in [2.45, 2.75) is 50.8 Å². The minimum absolute atomic E-state index is 0.106. The summed E-state index contributed by atoms with van der Waals surface area (Å²) in [7, 11) is 0. The van der Waals surface area contributed by atoms with Gasteiger partial charge >= 0.3 is 0 Å². The van der Waals surface area contributed by atoms with Crippen LogP contribution in [0.25, 0.3) is 0 Å². The fourth-order valence-electron chi connectivity index (χ4n) is 3.90. The highest BCUT2D eigenvalue weighted by molar-refractivity contribution is 5.18. The molecule has 0 saturated carbocycles. The highest BCUT2D eigenvalue weighted by Crippen LogP contribution is 2.26. The van der Waals surface area contributed by atoms with Gasteiger partial charge in [0, 0.05) is 31.7 Å². The molecule has 3 nitrogen and oxygen atoms in total. The van der Waals surface area contributed by atoms with E-state index < -0.39 is 0 Å². The van der Waals surface area contributed by atoms with Crippen LogP contribution in [0, 0.1) is 0 Å². The third kappa shape index (κ3) is 3.47. The Morgan fingerprint density at radius 3 is 2.71 bits per heavy atom. The lowest BCUT2D eigenvalue weighted by Crippen LogP contribution is -2.55. The molecular formula is C18H28N2O. The number of benzene rings is 1. The summed E-state index contributed by atoms with van der Waals surface area (Å²) in [4.78, 5) is 5.10. The molecule has 3 rings (SSSR count). The Balaban J connectivity index is 1.53. The molecule has 0 spiro atoms. The molecule has 1 aromatic carbocycles. The van der Waals surface area contributed by atoms with Gasteiger partial charge in [-0.25, -0.2) is 0 Å². The molecule has 2 saturated heterocycles. The molecule has 2 aliphatic heterocycles. The van der Waals surface area contributed by atoms with Gasteiger partial charge in [-0.15, -0.1) is 0 Å². The van der Waals surface area contributed by atoms with Crippen LogP contribution in [0.3, 0.4) is 0 Å². The zero-order valence-electron chi connectivity index (χ0n) is 13.3. The number of rotatable bonds is 4. The smallest absolute Gasteiger partial charge is 0.0682 e. The van der Waals surface area contributed by atoms with Gasteiger partial charge in [0.15, 0.2) is 0 Å². The van der Waals surface area contributed by atoms with Crippen molar-refractivity contribution >= 4 is 0 Å². The van der Waals surface area contributed by atoms with Crippen LogP contribution in [-0.2, 0) is 0 Å². The third-order valence-electron chi connectivity index (χ3n) is 5.29. The summed E-state index contributed by atoms with van der Waals surface area (Å²) < 4.78 is 0. The first-order valence-electron chi connectivity index (χ1n) is 8.34. The summed E-state index contributed by atoms with van der Waals surface area (Å²) in [6, 6.07) is 12.0. The minimum atomic E-state index is -0.106. The van der Waals surface area contributed by atoms with Gasteiger partial charge in [-0.3, -0.25) is 9.80 Å². The molecule has 0 unspecified atom stereocenters. The average molecular weight is 288 g/mol. The van der Waals surface area contributed by atoms with Crippen molar-refractivity contribution in [1.29, 1.82) is 0 Å². The molecule has 2 fully saturated rings. The van der Waals surface area contributed by atoms with E-state index in [0.29, 0.717) is 18.0 Å². The number of fused-ring (bicyclic) bond motifs is 1. The molecule has 4 atom stereocenters. The van der Waals surface area contributed by atoms with Gasteiger partial charge in [-0.2, -0.15) is 0 Å². The molecule has 0 bridgehead atoms. The summed E-state index contributed by atoms with van der Waals surface area (Å²) in [5.41, 5.74) is 1.44. The number of piperazine rings is 1. The zero-order chi connectivity index (χ0) is 14.8. The molecule has 0 aliphatic carbocycles. The predicted octanol–water partition coefficient (Wildman–Crippen LogP) is 2.32. The Bertz CT molecular complexity index is 450. The number of hydrogen-bond acceptors (Lipinski definition) is 3. The molecule has 116 valence electrons. The standard InChI is InChI=1S/C18H28N2O/c1-14(16-6-4-3-5-7-16)8-9-19-12-17-10-18(21)13-20(17)11-15(19)2/h3-7,14-15,17-18,21H,8-13H2,1-2H3/t14-,15-,17-,18-/m1/s1. The van der Waals surface area contributed by atoms with Crippen molar-refractivity contribution in [3.63, 3.8) is 0 Å². The van der Waals surface area contributed by atoms with Crippen molar-refractivity contribution in [2.75, 3.05) is 26.2 Å². The summed E-state index contributed by atoms with van der Waals surface area (Å²) in [6.07, 6.45) is 2.06. The van der Waals surface area contributed by atoms with Crippen molar-refractivity contribution in [3.8, 4) is 0 Å². The highest BCUT2D eigenvalue weighted by atomic mass is 16.3. The first-order chi connectivity index (χ1) is 10.1. The maximum atomic E-state index is 9.84. The molecule has 0 amide bonds. The lowest BCUT2D eigenvalue weighted by atomic mass is 9.97. The van der Waals surface area contributed by atoms with E-state index in [2.05, 4.69) is 54.0 Å². The Morgan fingerprint density at radius 1 is 1.19 bits per heavy atom. The molecule has 0 aromatic heterocycles. The van der Waals surface area contributed by atoms with Gasteiger partial charge in [0.2, 0.25) is 0 Å². The number of hydrogen-bond donors (Lipinski definition) is 1. The first kappa shape index (κ1) is 15.0. The summed E-state index contributed by atoms with van der Waals surface area (Å²) in [5, 5.41) is 9.84. The second-order valence-corrected chi connectivity index (χ2v) is 6.94. The molecule has 2 heterocycles. The molecular weight excluding hydrogens is 260 g/mol. The summed E-state index contributed by atoms with van der Waals surface area (Å²) in [6.45, 7) is 8.94. The lowest BCUT2D eigenvalue weighted by Gasteiger charge is -2.42. The van der Waals surface area contributed by atoms with E-state index in [1.807, 2.05) is 0 Å². The third-order valence-corrected chi connectivity index (χ3v) is 5.29. The van der Waals surface area contributed by atoms with Crippen molar-refractivity contribution in [1.82, 2.24) is 9.80 Å². The monoisotopic (exact) mass is 288 g/mol. The average Bonchev–Trinajstić information content (AvgIpc) is 2.84. The van der Waals surface area contributed by atoms with E-state index in [-0.39, 0.29) is 6.10 Å². The van der Waals surface area contributed by atoms with E-state index in [4.69, 9.17) is 0 Å². The molecule has 3 heteroatoms. The molecule has 1 aromatic rings. The van der Waals surface area contributed by atoms with Crippen LogP contribution in [0.1, 0.15) is 38.2 Å². The Labute approximate surface area is 128 Å². The maximum Gasteiger partial charge on any atom is 0.0682 e. The van der Waals surface area contributed by atoms with Crippen molar-refractivity contribution in [3.05, 3.63) is 35.9 Å². The molecule has 0 radical (unpaired) electrons. The van der Waals surface area contributed by atoms with E-state index in [0.717, 1.165) is 32.6 Å². The van der Waals surface area contributed by atoms with Crippen LogP contribution in [0.5, 0.6) is 0 Å². The van der Waals surface area contributed by atoms with Crippen LogP contribution in [0.4, 0.5) is 0 Å². The van der Waals surface area contributed by atoms with Crippen LogP contribution in [0.15, 0.2) is 30.3 Å². The molecule has 1 N–H and O–H groups in total. The Kier molecular flexibility index (Phi) is 4.63. The van der Waals surface area contributed by atoms with Gasteiger partial charge in [0.05, 0.1) is 6.10 Å². The topological polar surface area (TPSA) is 26.7 Å². The minimum Gasteiger partial charge on any atom is -0.392 e. The quantitative estimate of drug-likeness (QED) is 0.921. The maximum absolute atomic E-state index is 9.84. The van der Waals surface area contributed by atoms with Gasteiger partial charge in [0.25, 0.3) is 0 Å². The van der Waals surface area contributed by atoms with Gasteiger partial charge in [-0.05, 0) is 37.8 Å². The Morgan fingerprint density at radius 2 is 1.95 bits per heavy atom. The summed E-state index contributed by atoms with van der Waals surface area (Å²) >= 11 is 0. The van der Waals surface area contributed by atoms with E-state index >= 15 is 0 Å². The number of nitrogens with zero attached hydrogens (tertiary/aromatic N) is 2. The van der Waals surface area contributed by atoms with Crippen LogP contribution in [0.2, 0.25) is 0 Å². The van der Waals surface area contributed by atoms with Crippen molar-refractivity contribution < 1.29 is 5.11 Å². The fourth-order valence-corrected chi connectivity index (χ4v) is 3.90. The second-order valence-electron chi connectivity index (χ2n) is 6.94. The largest absolute Gasteiger partial charge is 0.392 e. The number of aliphatic hydroxyl groups is 1. The van der Waals surface area contributed by atoms with Crippen LogP contribution in [-0.4, -0.2) is 59.3 Å². The van der Waals surface area contributed by atoms with E-state index in [9.17, 15) is 5.11 Å². The SMILES string of the molecule is C[C@H](CCN1C[C@H]2C[C@@H](O)CN2C[C@H]1C)c1ccccc1. The summed E-state index contributed by atoms with van der Waals surface area (Å²) in [5.74, 6) is 0.616. The van der Waals surface area contributed by atoms with Gasteiger partial charge in [-0.1, -0.05) is 37.3 Å². The van der Waals surface area contributed by atoms with E-state index in [1.165, 1.54) is 12.0 Å². The first-order valence-corrected chi connectivity index (χ1v) is 8.34. The van der Waals surface area contributed by atoms with Crippen molar-refractivity contribution in [2.24, 2.45) is 0 Å². The molecule has 2 aliphatic rings. The van der Waals surface area contributed by atoms with Crippen LogP contribution < -0.4 is 0 Å². The normalized spacial score (nSPS) is 32.0.